The molecule has 6 nitrogen and oxygen atoms in total. The topological polar surface area (TPSA) is 60.0 Å². The maximum Gasteiger partial charge on any atom is 0.244 e. The predicted octanol–water partition coefficient (Wildman–Crippen LogP) is 1.04. The van der Waals surface area contributed by atoms with Crippen LogP contribution in [0.4, 0.5) is 0 Å². The number of carbonyl (C=O) groups excluding carboxylic acids is 1. The van der Waals surface area contributed by atoms with Crippen LogP contribution in [-0.2, 0) is 4.79 Å². The van der Waals surface area contributed by atoms with E-state index < -0.39 is 0 Å². The Bertz CT molecular complexity index is 384. The lowest BCUT2D eigenvalue weighted by molar-refractivity contribution is -0.128. The molecular formula is C17H33N5O. The van der Waals surface area contributed by atoms with E-state index in [-0.39, 0.29) is 12.5 Å². The number of amides is 1. The van der Waals surface area contributed by atoms with Crippen molar-refractivity contribution in [3.8, 4) is 0 Å². The van der Waals surface area contributed by atoms with Crippen LogP contribution in [0.3, 0.4) is 0 Å². The smallest absolute Gasteiger partial charge is 0.244 e. The summed E-state index contributed by atoms with van der Waals surface area (Å²) in [5.41, 5.74) is 0. The Morgan fingerprint density at radius 1 is 1.13 bits per heavy atom. The maximum atomic E-state index is 12.1. The molecule has 2 aliphatic heterocycles. The lowest BCUT2D eigenvalue weighted by Crippen LogP contribution is -2.49. The van der Waals surface area contributed by atoms with E-state index in [1.54, 1.807) is 0 Å². The van der Waals surface area contributed by atoms with Crippen molar-refractivity contribution in [2.45, 2.75) is 52.0 Å². The van der Waals surface area contributed by atoms with Gasteiger partial charge in [-0.2, -0.15) is 0 Å². The number of guanidine groups is 1. The normalized spacial score (nSPS) is 20.8. The molecule has 0 aromatic heterocycles. The highest BCUT2D eigenvalue weighted by molar-refractivity contribution is 5.85. The van der Waals surface area contributed by atoms with Gasteiger partial charge in [-0.25, -0.2) is 4.99 Å². The summed E-state index contributed by atoms with van der Waals surface area (Å²) in [5.74, 6) is 0.937. The first-order chi connectivity index (χ1) is 11.2. The molecule has 6 heteroatoms. The molecule has 0 aromatic rings. The molecule has 0 aliphatic carbocycles. The predicted molar refractivity (Wildman–Crippen MR) is 94.7 cm³/mol. The number of hydrogen-bond donors (Lipinski definition) is 2. The zero-order valence-electron chi connectivity index (χ0n) is 14.8. The summed E-state index contributed by atoms with van der Waals surface area (Å²) in [7, 11) is 0. The average molecular weight is 323 g/mol. The number of aliphatic imine (C=N–C) groups is 1. The van der Waals surface area contributed by atoms with Crippen LogP contribution in [-0.4, -0.2) is 73.5 Å². The molecule has 0 radical (unpaired) electrons. The van der Waals surface area contributed by atoms with Gasteiger partial charge in [-0.15, -0.1) is 0 Å². The van der Waals surface area contributed by atoms with E-state index >= 15 is 0 Å². The molecule has 0 spiro atoms. The standard InChI is InChI=1S/C17H33N5O/c1-3-9-21-12-7-15(8-13-21)20-17(18-4-2)19-14-16(23)22-10-5-6-11-22/h15H,3-14H2,1-2H3,(H2,18,19,20). The van der Waals surface area contributed by atoms with Crippen molar-refractivity contribution in [3.05, 3.63) is 0 Å². The lowest BCUT2D eigenvalue weighted by Gasteiger charge is -2.32. The lowest BCUT2D eigenvalue weighted by atomic mass is 10.1. The van der Waals surface area contributed by atoms with Gasteiger partial charge in [0, 0.05) is 38.8 Å². The Labute approximate surface area is 140 Å². The molecule has 0 aromatic carbocycles. The molecule has 0 saturated carbocycles. The zero-order valence-corrected chi connectivity index (χ0v) is 14.8. The van der Waals surface area contributed by atoms with Gasteiger partial charge >= 0.3 is 0 Å². The van der Waals surface area contributed by atoms with E-state index in [4.69, 9.17) is 0 Å². The van der Waals surface area contributed by atoms with E-state index in [0.717, 1.165) is 64.4 Å². The van der Waals surface area contributed by atoms with Gasteiger partial charge in [0.05, 0.1) is 0 Å². The molecule has 0 bridgehead atoms. The van der Waals surface area contributed by atoms with Crippen LogP contribution in [0.5, 0.6) is 0 Å². The Morgan fingerprint density at radius 2 is 1.83 bits per heavy atom. The fourth-order valence-corrected chi connectivity index (χ4v) is 3.34. The number of rotatable bonds is 6. The summed E-state index contributed by atoms with van der Waals surface area (Å²) in [6, 6.07) is 0.461. The van der Waals surface area contributed by atoms with E-state index in [9.17, 15) is 4.79 Å². The van der Waals surface area contributed by atoms with Crippen molar-refractivity contribution in [2.75, 3.05) is 45.8 Å². The number of hydrogen-bond acceptors (Lipinski definition) is 3. The quantitative estimate of drug-likeness (QED) is 0.566. The van der Waals surface area contributed by atoms with Gasteiger partial charge < -0.3 is 20.4 Å². The molecule has 2 saturated heterocycles. The Balaban J connectivity index is 1.78. The highest BCUT2D eigenvalue weighted by Crippen LogP contribution is 2.10. The number of nitrogens with zero attached hydrogens (tertiary/aromatic N) is 3. The molecule has 1 amide bonds. The molecule has 2 aliphatic rings. The highest BCUT2D eigenvalue weighted by atomic mass is 16.2. The first-order valence-corrected chi connectivity index (χ1v) is 9.28. The van der Waals surface area contributed by atoms with E-state index in [1.165, 1.54) is 13.0 Å². The van der Waals surface area contributed by atoms with Gasteiger partial charge in [0.2, 0.25) is 5.91 Å². The third-order valence-corrected chi connectivity index (χ3v) is 4.64. The first kappa shape index (κ1) is 18.0. The zero-order chi connectivity index (χ0) is 16.5. The first-order valence-electron chi connectivity index (χ1n) is 9.28. The van der Waals surface area contributed by atoms with E-state index in [2.05, 4.69) is 34.4 Å². The van der Waals surface area contributed by atoms with E-state index in [1.807, 2.05) is 4.90 Å². The van der Waals surface area contributed by atoms with Crippen molar-refractivity contribution in [3.63, 3.8) is 0 Å². The van der Waals surface area contributed by atoms with Crippen LogP contribution in [0, 0.1) is 0 Å². The van der Waals surface area contributed by atoms with Crippen LogP contribution < -0.4 is 10.6 Å². The molecule has 2 rings (SSSR count). The molecule has 0 unspecified atom stereocenters. The minimum absolute atomic E-state index is 0.150. The fourth-order valence-electron chi connectivity index (χ4n) is 3.34. The molecule has 23 heavy (non-hydrogen) atoms. The second-order valence-corrected chi connectivity index (χ2v) is 6.54. The van der Waals surface area contributed by atoms with Crippen LogP contribution >= 0.6 is 0 Å². The summed E-state index contributed by atoms with van der Waals surface area (Å²) < 4.78 is 0. The third kappa shape index (κ3) is 6.01. The van der Waals surface area contributed by atoms with Gasteiger partial charge in [0.15, 0.2) is 5.96 Å². The van der Waals surface area contributed by atoms with Crippen molar-refractivity contribution in [2.24, 2.45) is 4.99 Å². The average Bonchev–Trinajstić information content (AvgIpc) is 3.09. The van der Waals surface area contributed by atoms with Gasteiger partial charge in [0.1, 0.15) is 6.54 Å². The maximum absolute atomic E-state index is 12.1. The van der Waals surface area contributed by atoms with Gasteiger partial charge in [-0.1, -0.05) is 6.92 Å². The van der Waals surface area contributed by atoms with E-state index in [0.29, 0.717) is 6.04 Å². The minimum Gasteiger partial charge on any atom is -0.357 e. The molecule has 2 N–H and O–H groups in total. The Kier molecular flexibility index (Phi) is 7.65. The van der Waals surface area contributed by atoms with Crippen molar-refractivity contribution >= 4 is 11.9 Å². The summed E-state index contributed by atoms with van der Waals surface area (Å²) in [5, 5.41) is 6.77. The van der Waals surface area contributed by atoms with Crippen molar-refractivity contribution in [1.29, 1.82) is 0 Å². The summed E-state index contributed by atoms with van der Waals surface area (Å²) >= 11 is 0. The van der Waals surface area contributed by atoms with Gasteiger partial charge in [-0.3, -0.25) is 4.79 Å². The second-order valence-electron chi connectivity index (χ2n) is 6.54. The monoisotopic (exact) mass is 323 g/mol. The molecule has 2 fully saturated rings. The minimum atomic E-state index is 0.150. The Hall–Kier alpha value is -1.30. The van der Waals surface area contributed by atoms with Crippen LogP contribution in [0.1, 0.15) is 46.0 Å². The molecule has 132 valence electrons. The van der Waals surface area contributed by atoms with Crippen LogP contribution in [0.25, 0.3) is 0 Å². The SMILES string of the molecule is CCCN1CCC(NC(=NCC(=O)N2CCCC2)NCC)CC1. The molecule has 2 heterocycles. The number of likely N-dealkylation sites (tertiary alicyclic amines) is 2. The molecular weight excluding hydrogens is 290 g/mol. The second kappa shape index (κ2) is 9.75. The number of nitrogens with one attached hydrogen (secondary N) is 2. The van der Waals surface area contributed by atoms with Crippen LogP contribution in [0.2, 0.25) is 0 Å². The summed E-state index contributed by atoms with van der Waals surface area (Å²) in [6.07, 6.45) is 5.77. The fraction of sp³-hybridized carbons (Fsp3) is 0.882. The third-order valence-electron chi connectivity index (χ3n) is 4.64. The summed E-state index contributed by atoms with van der Waals surface area (Å²) in [6.45, 7) is 10.7. The largest absolute Gasteiger partial charge is 0.357 e. The Morgan fingerprint density at radius 3 is 2.43 bits per heavy atom. The number of carbonyl (C=O) groups is 1. The van der Waals surface area contributed by atoms with Crippen molar-refractivity contribution in [1.82, 2.24) is 20.4 Å². The van der Waals surface area contributed by atoms with Crippen molar-refractivity contribution < 1.29 is 4.79 Å². The summed E-state index contributed by atoms with van der Waals surface area (Å²) in [4.78, 5) is 21.1. The number of piperidine rings is 1. The highest BCUT2D eigenvalue weighted by Gasteiger charge is 2.20. The van der Waals surface area contributed by atoms with Gasteiger partial charge in [0.25, 0.3) is 0 Å². The van der Waals surface area contributed by atoms with Gasteiger partial charge in [-0.05, 0) is 45.6 Å². The molecule has 0 atom stereocenters. The van der Waals surface area contributed by atoms with Crippen LogP contribution in [0.15, 0.2) is 4.99 Å².